The summed E-state index contributed by atoms with van der Waals surface area (Å²) in [6, 6.07) is 0.692. The molecule has 0 aromatic carbocycles. The van der Waals surface area contributed by atoms with Crippen molar-refractivity contribution < 1.29 is 4.42 Å². The second-order valence-electron chi connectivity index (χ2n) is 4.42. The van der Waals surface area contributed by atoms with Gasteiger partial charge < -0.3 is 15.1 Å². The SMILES string of the molecule is CC(C)NC(c1ncco1)C1CCNC1. The normalized spacial score (nSPS) is 23.5. The molecule has 2 unspecified atom stereocenters. The number of hydrogen-bond donors (Lipinski definition) is 2. The lowest BCUT2D eigenvalue weighted by Gasteiger charge is -2.23. The largest absolute Gasteiger partial charge is 0.447 e. The van der Waals surface area contributed by atoms with Crippen molar-refractivity contribution in [2.24, 2.45) is 5.92 Å². The molecule has 1 fully saturated rings. The lowest BCUT2D eigenvalue weighted by atomic mass is 9.98. The van der Waals surface area contributed by atoms with E-state index >= 15 is 0 Å². The Hall–Kier alpha value is -0.870. The van der Waals surface area contributed by atoms with E-state index in [1.807, 2.05) is 0 Å². The van der Waals surface area contributed by atoms with Gasteiger partial charge in [-0.1, -0.05) is 13.8 Å². The molecule has 1 aromatic rings. The summed E-state index contributed by atoms with van der Waals surface area (Å²) in [5, 5.41) is 6.91. The molecule has 4 heteroatoms. The molecule has 15 heavy (non-hydrogen) atoms. The van der Waals surface area contributed by atoms with Crippen molar-refractivity contribution in [1.82, 2.24) is 15.6 Å². The summed E-state index contributed by atoms with van der Waals surface area (Å²) in [5.41, 5.74) is 0. The van der Waals surface area contributed by atoms with Gasteiger partial charge in [0.25, 0.3) is 0 Å². The van der Waals surface area contributed by atoms with Gasteiger partial charge in [0.2, 0.25) is 5.89 Å². The zero-order valence-electron chi connectivity index (χ0n) is 9.36. The number of rotatable bonds is 4. The Labute approximate surface area is 90.5 Å². The molecule has 2 atom stereocenters. The zero-order chi connectivity index (χ0) is 10.7. The molecule has 0 bridgehead atoms. The third-order valence-corrected chi connectivity index (χ3v) is 2.80. The van der Waals surface area contributed by atoms with Gasteiger partial charge in [0.05, 0.1) is 12.2 Å². The van der Waals surface area contributed by atoms with Gasteiger partial charge in [-0.15, -0.1) is 0 Å². The van der Waals surface area contributed by atoms with Gasteiger partial charge in [-0.05, 0) is 18.9 Å². The second kappa shape index (κ2) is 4.77. The zero-order valence-corrected chi connectivity index (χ0v) is 9.36. The Kier molecular flexibility index (Phi) is 3.38. The van der Waals surface area contributed by atoms with Gasteiger partial charge in [-0.25, -0.2) is 4.98 Å². The van der Waals surface area contributed by atoms with Crippen molar-refractivity contribution in [3.8, 4) is 0 Å². The first-order chi connectivity index (χ1) is 7.27. The molecular formula is C11H19N3O. The van der Waals surface area contributed by atoms with Gasteiger partial charge >= 0.3 is 0 Å². The van der Waals surface area contributed by atoms with E-state index in [0.29, 0.717) is 12.0 Å². The van der Waals surface area contributed by atoms with Crippen LogP contribution in [0.15, 0.2) is 16.9 Å². The molecule has 1 aliphatic heterocycles. The van der Waals surface area contributed by atoms with Crippen LogP contribution in [0.5, 0.6) is 0 Å². The summed E-state index contributed by atoms with van der Waals surface area (Å²) in [6.45, 7) is 6.45. The monoisotopic (exact) mass is 209 g/mol. The van der Waals surface area contributed by atoms with Gasteiger partial charge in [0, 0.05) is 12.6 Å². The van der Waals surface area contributed by atoms with E-state index in [1.54, 1.807) is 12.5 Å². The highest BCUT2D eigenvalue weighted by atomic mass is 16.3. The van der Waals surface area contributed by atoms with Crippen molar-refractivity contribution in [1.29, 1.82) is 0 Å². The van der Waals surface area contributed by atoms with Gasteiger partial charge in [-0.3, -0.25) is 0 Å². The van der Waals surface area contributed by atoms with Crippen molar-refractivity contribution in [2.75, 3.05) is 13.1 Å². The number of nitrogens with zero attached hydrogens (tertiary/aromatic N) is 1. The molecule has 84 valence electrons. The van der Waals surface area contributed by atoms with Crippen LogP contribution in [0.3, 0.4) is 0 Å². The summed E-state index contributed by atoms with van der Waals surface area (Å²) in [5.74, 6) is 1.41. The maximum atomic E-state index is 5.41. The number of aromatic nitrogens is 1. The maximum Gasteiger partial charge on any atom is 0.211 e. The predicted octanol–water partition coefficient (Wildman–Crippen LogP) is 1.32. The van der Waals surface area contributed by atoms with E-state index < -0.39 is 0 Å². The summed E-state index contributed by atoms with van der Waals surface area (Å²) in [4.78, 5) is 4.26. The van der Waals surface area contributed by atoms with Crippen molar-refractivity contribution in [3.63, 3.8) is 0 Å². The standard InChI is InChI=1S/C11H19N3O/c1-8(2)14-10(9-3-4-12-7-9)11-13-5-6-15-11/h5-6,8-10,12,14H,3-4,7H2,1-2H3. The minimum absolute atomic E-state index is 0.245. The molecule has 0 spiro atoms. The van der Waals surface area contributed by atoms with Crippen LogP contribution < -0.4 is 10.6 Å². The number of oxazole rings is 1. The van der Waals surface area contributed by atoms with Crippen LogP contribution >= 0.6 is 0 Å². The molecule has 2 N–H and O–H groups in total. The smallest absolute Gasteiger partial charge is 0.211 e. The van der Waals surface area contributed by atoms with E-state index in [9.17, 15) is 0 Å². The predicted molar refractivity (Wildman–Crippen MR) is 58.5 cm³/mol. The molecule has 2 heterocycles. The first kappa shape index (κ1) is 10.6. The van der Waals surface area contributed by atoms with Crippen molar-refractivity contribution in [2.45, 2.75) is 32.4 Å². The molecule has 0 saturated carbocycles. The highest BCUT2D eigenvalue weighted by molar-refractivity contribution is 4.97. The third-order valence-electron chi connectivity index (χ3n) is 2.80. The van der Waals surface area contributed by atoms with E-state index in [1.165, 1.54) is 6.42 Å². The van der Waals surface area contributed by atoms with Crippen molar-refractivity contribution >= 4 is 0 Å². The Morgan fingerprint density at radius 3 is 3.00 bits per heavy atom. The Morgan fingerprint density at radius 2 is 2.47 bits per heavy atom. The first-order valence-electron chi connectivity index (χ1n) is 5.63. The van der Waals surface area contributed by atoms with Crippen LogP contribution in [-0.4, -0.2) is 24.1 Å². The van der Waals surface area contributed by atoms with Gasteiger partial charge in [0.15, 0.2) is 0 Å². The molecule has 0 aliphatic carbocycles. The Morgan fingerprint density at radius 1 is 1.60 bits per heavy atom. The first-order valence-corrected chi connectivity index (χ1v) is 5.63. The van der Waals surface area contributed by atoms with E-state index in [-0.39, 0.29) is 6.04 Å². The fraction of sp³-hybridized carbons (Fsp3) is 0.727. The van der Waals surface area contributed by atoms with Crippen LogP contribution in [-0.2, 0) is 0 Å². The van der Waals surface area contributed by atoms with Crippen LogP contribution in [0.4, 0.5) is 0 Å². The Bertz CT molecular complexity index is 278. The molecule has 2 rings (SSSR count). The molecule has 1 aromatic heterocycles. The van der Waals surface area contributed by atoms with Crippen LogP contribution in [0.2, 0.25) is 0 Å². The maximum absolute atomic E-state index is 5.41. The fourth-order valence-corrected chi connectivity index (χ4v) is 2.12. The summed E-state index contributed by atoms with van der Waals surface area (Å²) >= 11 is 0. The summed E-state index contributed by atoms with van der Waals surface area (Å²) < 4.78 is 5.41. The summed E-state index contributed by atoms with van der Waals surface area (Å²) in [6.07, 6.45) is 4.55. The molecule has 0 radical (unpaired) electrons. The molecular weight excluding hydrogens is 190 g/mol. The quantitative estimate of drug-likeness (QED) is 0.785. The minimum Gasteiger partial charge on any atom is -0.447 e. The average molecular weight is 209 g/mol. The molecule has 4 nitrogen and oxygen atoms in total. The fourth-order valence-electron chi connectivity index (χ4n) is 2.12. The molecule has 1 aliphatic rings. The topological polar surface area (TPSA) is 50.1 Å². The van der Waals surface area contributed by atoms with E-state index in [0.717, 1.165) is 19.0 Å². The second-order valence-corrected chi connectivity index (χ2v) is 4.42. The molecule has 0 amide bonds. The van der Waals surface area contributed by atoms with Crippen LogP contribution in [0.1, 0.15) is 32.2 Å². The van der Waals surface area contributed by atoms with Gasteiger partial charge in [-0.2, -0.15) is 0 Å². The van der Waals surface area contributed by atoms with E-state index in [2.05, 4.69) is 29.5 Å². The molecule has 1 saturated heterocycles. The highest BCUT2D eigenvalue weighted by Crippen LogP contribution is 2.26. The van der Waals surface area contributed by atoms with Gasteiger partial charge in [0.1, 0.15) is 6.26 Å². The number of hydrogen-bond acceptors (Lipinski definition) is 4. The average Bonchev–Trinajstić information content (AvgIpc) is 2.87. The summed E-state index contributed by atoms with van der Waals surface area (Å²) in [7, 11) is 0. The third kappa shape index (κ3) is 2.58. The lowest BCUT2D eigenvalue weighted by molar-refractivity contribution is 0.297. The Balaban J connectivity index is 2.08. The minimum atomic E-state index is 0.245. The highest BCUT2D eigenvalue weighted by Gasteiger charge is 2.29. The lowest BCUT2D eigenvalue weighted by Crippen LogP contribution is -2.34. The van der Waals surface area contributed by atoms with Crippen LogP contribution in [0, 0.1) is 5.92 Å². The number of nitrogens with one attached hydrogen (secondary N) is 2. The van der Waals surface area contributed by atoms with E-state index in [4.69, 9.17) is 4.42 Å². The van der Waals surface area contributed by atoms with Crippen molar-refractivity contribution in [3.05, 3.63) is 18.4 Å². The van der Waals surface area contributed by atoms with Crippen LogP contribution in [0.25, 0.3) is 0 Å².